The number of fused-ring (bicyclic) bond motifs is 1. The molecule has 2 aromatic heterocycles. The number of nitrogens with zero attached hydrogens (tertiary/aromatic N) is 3. The quantitative estimate of drug-likeness (QED) is 0.298. The van der Waals surface area contributed by atoms with Gasteiger partial charge in [-0.15, -0.1) is 0 Å². The number of rotatable bonds is 8. The van der Waals surface area contributed by atoms with E-state index in [1.807, 2.05) is 69.6 Å². The van der Waals surface area contributed by atoms with Crippen molar-refractivity contribution in [3.8, 4) is 17.0 Å². The van der Waals surface area contributed by atoms with Gasteiger partial charge in [-0.1, -0.05) is 49.3 Å². The van der Waals surface area contributed by atoms with Crippen LogP contribution in [0, 0.1) is 0 Å². The topological polar surface area (TPSA) is 91.5 Å². The van der Waals surface area contributed by atoms with Gasteiger partial charge in [-0.25, -0.2) is 4.98 Å². The number of nitrogens with one attached hydrogen (secondary N) is 2. The van der Waals surface area contributed by atoms with E-state index in [2.05, 4.69) is 15.7 Å². The average Bonchev–Trinajstić information content (AvgIpc) is 3.25. The summed E-state index contributed by atoms with van der Waals surface area (Å²) in [5.41, 5.74) is 3.86. The van der Waals surface area contributed by atoms with Crippen LogP contribution in [0.5, 0.6) is 5.75 Å². The van der Waals surface area contributed by atoms with Gasteiger partial charge in [-0.3, -0.25) is 4.79 Å². The molecule has 3 N–H and O–H groups in total. The molecule has 4 aromatic rings. The van der Waals surface area contributed by atoms with E-state index in [4.69, 9.17) is 4.98 Å². The number of hydrogen-bond acceptors (Lipinski definition) is 5. The first kappa shape index (κ1) is 21.4. The highest BCUT2D eigenvalue weighted by molar-refractivity contribution is 6.54. The molecule has 2 heterocycles. The molecule has 7 nitrogen and oxygen atoms in total. The smallest absolute Gasteiger partial charge is 0.227 e. The van der Waals surface area contributed by atoms with E-state index in [9.17, 15) is 9.90 Å². The minimum absolute atomic E-state index is 0.0188. The van der Waals surface area contributed by atoms with Gasteiger partial charge >= 0.3 is 0 Å². The average molecular weight is 426 g/mol. The fraction of sp³-hybridized carbons (Fsp3) is 0.208. The van der Waals surface area contributed by atoms with Crippen LogP contribution in [-0.4, -0.2) is 46.0 Å². The largest absolute Gasteiger partial charge is 0.507 e. The summed E-state index contributed by atoms with van der Waals surface area (Å²) in [5, 5.41) is 21.0. The van der Waals surface area contributed by atoms with Crippen LogP contribution >= 0.6 is 0 Å². The first-order valence-corrected chi connectivity index (χ1v) is 10.6. The number of carbonyl (C=O) groups is 1. The molecule has 0 aliphatic heterocycles. The number of hydrogen-bond donors (Lipinski definition) is 3. The van der Waals surface area contributed by atoms with Crippen molar-refractivity contribution in [3.63, 3.8) is 0 Å². The van der Waals surface area contributed by atoms with Gasteiger partial charge in [0.25, 0.3) is 0 Å². The fourth-order valence-corrected chi connectivity index (χ4v) is 3.56. The molecular weight excluding hydrogens is 401 g/mol. The van der Waals surface area contributed by atoms with Crippen molar-refractivity contribution in [1.82, 2.24) is 19.9 Å². The summed E-state index contributed by atoms with van der Waals surface area (Å²) in [6.07, 6.45) is 1.76. The lowest BCUT2D eigenvalue weighted by Gasteiger charge is -2.14. The van der Waals surface area contributed by atoms with Crippen LogP contribution < -0.4 is 16.1 Å². The van der Waals surface area contributed by atoms with Crippen molar-refractivity contribution in [2.45, 2.75) is 19.7 Å². The van der Waals surface area contributed by atoms with Crippen molar-refractivity contribution in [2.24, 2.45) is 0 Å². The summed E-state index contributed by atoms with van der Waals surface area (Å²) < 4.78 is 1.73. The van der Waals surface area contributed by atoms with Crippen LogP contribution in [0.4, 0.5) is 5.82 Å². The maximum Gasteiger partial charge on any atom is 0.227 e. The van der Waals surface area contributed by atoms with Gasteiger partial charge in [0.05, 0.1) is 11.6 Å². The van der Waals surface area contributed by atoms with Crippen LogP contribution in [0.1, 0.15) is 18.4 Å². The Bertz CT molecular complexity index is 1230. The van der Waals surface area contributed by atoms with Gasteiger partial charge in [0.1, 0.15) is 11.6 Å². The molecule has 1 unspecified atom stereocenters. The van der Waals surface area contributed by atoms with Crippen LogP contribution in [0.2, 0.25) is 6.82 Å². The molecule has 0 aliphatic carbocycles. The third-order valence-electron chi connectivity index (χ3n) is 5.41. The van der Waals surface area contributed by atoms with E-state index < -0.39 is 0 Å². The fourth-order valence-electron chi connectivity index (χ4n) is 3.56. The molecule has 1 radical (unpaired) electrons. The maximum absolute atomic E-state index is 12.5. The van der Waals surface area contributed by atoms with E-state index in [1.165, 1.54) is 0 Å². The molecule has 32 heavy (non-hydrogen) atoms. The summed E-state index contributed by atoms with van der Waals surface area (Å²) in [6, 6.07) is 18.7. The van der Waals surface area contributed by atoms with Gasteiger partial charge in [0, 0.05) is 30.9 Å². The minimum atomic E-state index is -0.217. The highest BCUT2D eigenvalue weighted by Gasteiger charge is 2.15. The second-order valence-corrected chi connectivity index (χ2v) is 7.52. The van der Waals surface area contributed by atoms with Gasteiger partial charge < -0.3 is 15.7 Å². The molecule has 0 saturated carbocycles. The monoisotopic (exact) mass is 426 g/mol. The summed E-state index contributed by atoms with van der Waals surface area (Å²) in [7, 11) is 1.94. The van der Waals surface area contributed by atoms with Crippen molar-refractivity contribution < 1.29 is 9.90 Å². The SMILES string of the molecule is C[B]c1cnn2c(NCCNC(=O)C(C)c3ccccc3)cc(-c3ccccc3O)nc12. The highest BCUT2D eigenvalue weighted by Crippen LogP contribution is 2.29. The number of carbonyl (C=O) groups excluding carboxylic acids is 1. The second kappa shape index (κ2) is 9.55. The number of para-hydroxylation sites is 1. The highest BCUT2D eigenvalue weighted by atomic mass is 16.3. The number of anilines is 1. The first-order valence-electron chi connectivity index (χ1n) is 10.6. The Morgan fingerprint density at radius 3 is 2.62 bits per heavy atom. The van der Waals surface area contributed by atoms with E-state index in [0.717, 1.165) is 16.8 Å². The van der Waals surface area contributed by atoms with Crippen LogP contribution in [0.15, 0.2) is 66.9 Å². The van der Waals surface area contributed by atoms with Gasteiger partial charge in [-0.05, 0) is 30.1 Å². The Balaban J connectivity index is 1.49. The van der Waals surface area contributed by atoms with Crippen molar-refractivity contribution >= 4 is 30.1 Å². The summed E-state index contributed by atoms with van der Waals surface area (Å²) in [6.45, 7) is 4.80. The molecule has 2 aromatic carbocycles. The summed E-state index contributed by atoms with van der Waals surface area (Å²) in [5.74, 6) is 0.658. The number of aromatic hydroxyl groups is 1. The Hall–Kier alpha value is -3.81. The summed E-state index contributed by atoms with van der Waals surface area (Å²) in [4.78, 5) is 17.2. The second-order valence-electron chi connectivity index (χ2n) is 7.52. The molecule has 0 fully saturated rings. The van der Waals surface area contributed by atoms with Crippen molar-refractivity contribution in [3.05, 3.63) is 72.4 Å². The van der Waals surface area contributed by atoms with Crippen LogP contribution in [-0.2, 0) is 4.79 Å². The maximum atomic E-state index is 12.5. The number of amides is 1. The molecular formula is C24H25BN5O2. The lowest BCUT2D eigenvalue weighted by Crippen LogP contribution is -2.32. The van der Waals surface area contributed by atoms with Crippen LogP contribution in [0.25, 0.3) is 16.9 Å². The molecule has 1 amide bonds. The van der Waals surface area contributed by atoms with Gasteiger partial charge in [0.2, 0.25) is 5.91 Å². The number of phenolic OH excluding ortho intramolecular Hbond substituents is 1. The van der Waals surface area contributed by atoms with Gasteiger partial charge in [0.15, 0.2) is 12.9 Å². The molecule has 161 valence electrons. The zero-order valence-electron chi connectivity index (χ0n) is 18.1. The number of phenols is 1. The third kappa shape index (κ3) is 4.44. The van der Waals surface area contributed by atoms with Gasteiger partial charge in [-0.2, -0.15) is 9.61 Å². The van der Waals surface area contributed by atoms with Crippen molar-refractivity contribution in [1.29, 1.82) is 0 Å². The lowest BCUT2D eigenvalue weighted by molar-refractivity contribution is -0.122. The lowest BCUT2D eigenvalue weighted by atomic mass is 9.75. The Morgan fingerprint density at radius 1 is 1.12 bits per heavy atom. The molecule has 4 rings (SSSR count). The Kier molecular flexibility index (Phi) is 6.40. The molecule has 8 heteroatoms. The van der Waals surface area contributed by atoms with E-state index in [1.54, 1.807) is 22.8 Å². The van der Waals surface area contributed by atoms with E-state index in [-0.39, 0.29) is 17.6 Å². The van der Waals surface area contributed by atoms with E-state index in [0.29, 0.717) is 30.0 Å². The third-order valence-corrected chi connectivity index (χ3v) is 5.41. The standard InChI is InChI=1S/C24H25BN5O2/c1-16(17-8-4-3-5-9-17)24(32)27-13-12-26-22-14-20(18-10-6-7-11-21(18)31)29-23-19(25-2)15-28-30(22)23/h3-11,14-16,26,31H,12-13H2,1-2H3,(H,27,32). The predicted octanol–water partition coefficient (Wildman–Crippen LogP) is 2.81. The first-order chi connectivity index (χ1) is 15.6. The Labute approximate surface area is 187 Å². The van der Waals surface area contributed by atoms with E-state index >= 15 is 0 Å². The molecule has 0 bridgehead atoms. The van der Waals surface area contributed by atoms with Crippen molar-refractivity contribution in [2.75, 3.05) is 18.4 Å². The number of aromatic nitrogens is 3. The molecule has 0 aliphatic rings. The normalized spacial score (nSPS) is 11.8. The summed E-state index contributed by atoms with van der Waals surface area (Å²) >= 11 is 0. The predicted molar refractivity (Wildman–Crippen MR) is 128 cm³/mol. The zero-order chi connectivity index (χ0) is 22.5. The molecule has 0 spiro atoms. The Morgan fingerprint density at radius 2 is 1.88 bits per heavy atom. The molecule has 0 saturated heterocycles. The van der Waals surface area contributed by atoms with Crippen LogP contribution in [0.3, 0.4) is 0 Å². The molecule has 1 atom stereocenters. The minimum Gasteiger partial charge on any atom is -0.507 e. The number of benzene rings is 2. The zero-order valence-corrected chi connectivity index (χ0v) is 18.1.